The zero-order valence-corrected chi connectivity index (χ0v) is 14.4. The zero-order chi connectivity index (χ0) is 16.3. The van der Waals surface area contributed by atoms with Gasteiger partial charge in [-0.3, -0.25) is 4.99 Å². The third kappa shape index (κ3) is 4.06. The van der Waals surface area contributed by atoms with Crippen LogP contribution < -0.4 is 20.1 Å². The Kier molecular flexibility index (Phi) is 4.84. The molecule has 22 heavy (non-hydrogen) atoms. The van der Waals surface area contributed by atoms with Gasteiger partial charge >= 0.3 is 0 Å². The van der Waals surface area contributed by atoms with Crippen molar-refractivity contribution >= 4 is 5.96 Å². The van der Waals surface area contributed by atoms with E-state index in [0.717, 1.165) is 29.4 Å². The first-order valence-electron chi connectivity index (χ1n) is 7.67. The molecule has 1 aliphatic heterocycles. The Balaban J connectivity index is 2.11. The number of fused-ring (bicyclic) bond motifs is 1. The molecule has 2 N–H and O–H groups in total. The van der Waals surface area contributed by atoms with Gasteiger partial charge in [0.25, 0.3) is 0 Å². The number of guanidine groups is 1. The summed E-state index contributed by atoms with van der Waals surface area (Å²) in [6, 6.07) is 4.14. The first kappa shape index (κ1) is 16.5. The maximum absolute atomic E-state index is 5.83. The molecular weight excluding hydrogens is 278 g/mol. The van der Waals surface area contributed by atoms with Crippen LogP contribution in [-0.2, 0) is 13.0 Å². The molecule has 0 aromatic heterocycles. The molecule has 0 saturated heterocycles. The lowest BCUT2D eigenvalue weighted by Gasteiger charge is -2.24. The van der Waals surface area contributed by atoms with Crippen LogP contribution in [0.25, 0.3) is 0 Å². The Morgan fingerprint density at radius 1 is 1.41 bits per heavy atom. The van der Waals surface area contributed by atoms with Crippen molar-refractivity contribution in [3.63, 3.8) is 0 Å². The van der Waals surface area contributed by atoms with E-state index in [9.17, 15) is 0 Å². The SMILES string of the molecule is CN=C(NCc1cc2c(cc1OC)CC(C)O2)NC(C)(C)C. The lowest BCUT2D eigenvalue weighted by atomic mass is 10.1. The summed E-state index contributed by atoms with van der Waals surface area (Å²) in [4.78, 5) is 4.25. The minimum atomic E-state index is -0.0393. The third-order valence-electron chi connectivity index (χ3n) is 3.46. The molecule has 0 aliphatic carbocycles. The number of nitrogens with zero attached hydrogens (tertiary/aromatic N) is 1. The average molecular weight is 305 g/mol. The molecule has 5 heteroatoms. The number of methoxy groups -OCH3 is 1. The zero-order valence-electron chi connectivity index (χ0n) is 14.4. The Hall–Kier alpha value is -1.91. The number of hydrogen-bond donors (Lipinski definition) is 2. The van der Waals surface area contributed by atoms with E-state index >= 15 is 0 Å². The molecule has 1 aromatic carbocycles. The fourth-order valence-electron chi connectivity index (χ4n) is 2.52. The predicted octanol–water partition coefficient (Wildman–Crippen LogP) is 2.48. The highest BCUT2D eigenvalue weighted by Gasteiger charge is 2.22. The van der Waals surface area contributed by atoms with Crippen LogP contribution in [0.1, 0.15) is 38.8 Å². The number of hydrogen-bond acceptors (Lipinski definition) is 3. The van der Waals surface area contributed by atoms with Crippen molar-refractivity contribution in [3.05, 3.63) is 23.3 Å². The molecule has 1 unspecified atom stereocenters. The molecule has 1 aromatic rings. The molecule has 2 rings (SSSR count). The van der Waals surface area contributed by atoms with Crippen molar-refractivity contribution in [3.8, 4) is 11.5 Å². The molecule has 0 saturated carbocycles. The molecule has 122 valence electrons. The Labute approximate surface area is 133 Å². The molecular formula is C17H27N3O2. The highest BCUT2D eigenvalue weighted by atomic mass is 16.5. The monoisotopic (exact) mass is 305 g/mol. The minimum absolute atomic E-state index is 0.0393. The van der Waals surface area contributed by atoms with Crippen LogP contribution in [0.5, 0.6) is 11.5 Å². The fraction of sp³-hybridized carbons (Fsp3) is 0.588. The van der Waals surface area contributed by atoms with Gasteiger partial charge < -0.3 is 20.1 Å². The quantitative estimate of drug-likeness (QED) is 0.665. The average Bonchev–Trinajstić information content (AvgIpc) is 2.79. The van der Waals surface area contributed by atoms with E-state index in [2.05, 4.69) is 55.5 Å². The van der Waals surface area contributed by atoms with Crippen molar-refractivity contribution in [2.45, 2.75) is 52.3 Å². The van der Waals surface area contributed by atoms with Gasteiger partial charge in [0.05, 0.1) is 7.11 Å². The molecule has 0 bridgehead atoms. The van der Waals surface area contributed by atoms with Gasteiger partial charge in [0.1, 0.15) is 17.6 Å². The first-order chi connectivity index (χ1) is 10.3. The highest BCUT2D eigenvalue weighted by molar-refractivity contribution is 5.80. The van der Waals surface area contributed by atoms with E-state index in [1.165, 1.54) is 5.56 Å². The minimum Gasteiger partial charge on any atom is -0.496 e. The van der Waals surface area contributed by atoms with Crippen molar-refractivity contribution in [1.29, 1.82) is 0 Å². The standard InChI is InChI=1S/C17H27N3O2/c1-11-7-12-8-14(21-6)13(9-15(12)22-11)10-19-16(18-5)20-17(2,3)4/h8-9,11H,7,10H2,1-6H3,(H2,18,19,20). The normalized spacial score (nSPS) is 17.7. The summed E-state index contributed by atoms with van der Waals surface area (Å²) in [6.07, 6.45) is 1.17. The van der Waals surface area contributed by atoms with Crippen LogP contribution >= 0.6 is 0 Å². The second-order valence-electron chi connectivity index (χ2n) is 6.71. The van der Waals surface area contributed by atoms with Crippen LogP contribution in [0.2, 0.25) is 0 Å². The Morgan fingerprint density at radius 3 is 2.73 bits per heavy atom. The molecule has 5 nitrogen and oxygen atoms in total. The van der Waals surface area contributed by atoms with E-state index in [1.807, 2.05) is 0 Å². The summed E-state index contributed by atoms with van der Waals surface area (Å²) in [5, 5.41) is 6.66. The van der Waals surface area contributed by atoms with Gasteiger partial charge in [-0.15, -0.1) is 0 Å². The number of benzene rings is 1. The summed E-state index contributed by atoms with van der Waals surface area (Å²) in [7, 11) is 3.47. The fourth-order valence-corrected chi connectivity index (χ4v) is 2.52. The largest absolute Gasteiger partial charge is 0.496 e. The molecule has 1 aliphatic rings. The highest BCUT2D eigenvalue weighted by Crippen LogP contribution is 2.34. The van der Waals surface area contributed by atoms with Gasteiger partial charge in [0.15, 0.2) is 5.96 Å². The first-order valence-corrected chi connectivity index (χ1v) is 7.67. The summed E-state index contributed by atoms with van der Waals surface area (Å²) in [5.41, 5.74) is 2.24. The van der Waals surface area contributed by atoms with Gasteiger partial charge in [-0.05, 0) is 39.8 Å². The van der Waals surface area contributed by atoms with Crippen LogP contribution in [0, 0.1) is 0 Å². The summed E-state index contributed by atoms with van der Waals surface area (Å²) in [6.45, 7) is 9.02. The number of aliphatic imine (C=N–C) groups is 1. The summed E-state index contributed by atoms with van der Waals surface area (Å²) >= 11 is 0. The maximum Gasteiger partial charge on any atom is 0.191 e. The second kappa shape index (κ2) is 6.46. The van der Waals surface area contributed by atoms with E-state index in [4.69, 9.17) is 9.47 Å². The van der Waals surface area contributed by atoms with Crippen LogP contribution in [0.15, 0.2) is 17.1 Å². The third-order valence-corrected chi connectivity index (χ3v) is 3.46. The van der Waals surface area contributed by atoms with Gasteiger partial charge in [-0.25, -0.2) is 0 Å². The van der Waals surface area contributed by atoms with Crippen LogP contribution in [0.3, 0.4) is 0 Å². The van der Waals surface area contributed by atoms with Crippen molar-refractivity contribution in [2.24, 2.45) is 4.99 Å². The lowest BCUT2D eigenvalue weighted by Crippen LogP contribution is -2.47. The Morgan fingerprint density at radius 2 is 2.14 bits per heavy atom. The molecule has 0 spiro atoms. The predicted molar refractivity (Wildman–Crippen MR) is 89.9 cm³/mol. The number of ether oxygens (including phenoxy) is 2. The van der Waals surface area contributed by atoms with Gasteiger partial charge in [-0.1, -0.05) is 0 Å². The van der Waals surface area contributed by atoms with Gasteiger partial charge in [0.2, 0.25) is 0 Å². The smallest absolute Gasteiger partial charge is 0.191 e. The molecule has 0 amide bonds. The molecule has 0 radical (unpaired) electrons. The van der Waals surface area contributed by atoms with Gasteiger partial charge in [-0.2, -0.15) is 0 Å². The van der Waals surface area contributed by atoms with E-state index < -0.39 is 0 Å². The number of nitrogens with one attached hydrogen (secondary N) is 2. The molecule has 1 heterocycles. The lowest BCUT2D eigenvalue weighted by molar-refractivity contribution is 0.254. The summed E-state index contributed by atoms with van der Waals surface area (Å²) < 4.78 is 11.3. The van der Waals surface area contributed by atoms with Crippen LogP contribution in [-0.4, -0.2) is 31.8 Å². The Bertz CT molecular complexity index is 562. The molecule has 0 fully saturated rings. The topological polar surface area (TPSA) is 54.9 Å². The second-order valence-corrected chi connectivity index (χ2v) is 6.71. The maximum atomic E-state index is 5.83. The van der Waals surface area contributed by atoms with E-state index in [-0.39, 0.29) is 11.6 Å². The van der Waals surface area contributed by atoms with Crippen LogP contribution in [0.4, 0.5) is 0 Å². The summed E-state index contributed by atoms with van der Waals surface area (Å²) in [5.74, 6) is 2.61. The molecule has 1 atom stereocenters. The van der Waals surface area contributed by atoms with E-state index in [1.54, 1.807) is 14.2 Å². The van der Waals surface area contributed by atoms with Crippen molar-refractivity contribution in [2.75, 3.05) is 14.2 Å². The van der Waals surface area contributed by atoms with E-state index in [0.29, 0.717) is 6.54 Å². The van der Waals surface area contributed by atoms with Crippen molar-refractivity contribution < 1.29 is 9.47 Å². The number of rotatable bonds is 3. The van der Waals surface area contributed by atoms with Crippen molar-refractivity contribution in [1.82, 2.24) is 10.6 Å². The van der Waals surface area contributed by atoms with Gasteiger partial charge in [0, 0.05) is 36.7 Å².